The van der Waals surface area contributed by atoms with Crippen molar-refractivity contribution in [1.29, 1.82) is 0 Å². The Kier molecular flexibility index (Phi) is 5.56. The van der Waals surface area contributed by atoms with Crippen LogP contribution in [0.15, 0.2) is 32.9 Å². The molecule has 0 atom stereocenters. The second-order valence-electron chi connectivity index (χ2n) is 4.11. The van der Waals surface area contributed by atoms with E-state index < -0.39 is 10.0 Å². The minimum Gasteiger partial charge on any atom is -0.315 e. The summed E-state index contributed by atoms with van der Waals surface area (Å²) >= 11 is 16.4. The summed E-state index contributed by atoms with van der Waals surface area (Å²) in [5, 5.41) is 3.66. The highest BCUT2D eigenvalue weighted by molar-refractivity contribution is 9.11. The molecule has 0 amide bonds. The summed E-state index contributed by atoms with van der Waals surface area (Å²) in [5.74, 6) is 0. The minimum atomic E-state index is -3.72. The first kappa shape index (κ1) is 17.1. The molecule has 1 aromatic heterocycles. The molecule has 0 aliphatic rings. The van der Waals surface area contributed by atoms with Gasteiger partial charge < -0.3 is 5.32 Å². The lowest BCUT2D eigenvalue weighted by atomic mass is 10.3. The molecule has 0 spiro atoms. The van der Waals surface area contributed by atoms with Crippen molar-refractivity contribution in [2.24, 2.45) is 0 Å². The van der Waals surface area contributed by atoms with Crippen LogP contribution in [-0.4, -0.2) is 15.5 Å². The predicted octanol–water partition coefficient (Wildman–Crippen LogP) is 4.34. The summed E-state index contributed by atoms with van der Waals surface area (Å²) in [6.45, 7) is 0.598. The van der Waals surface area contributed by atoms with E-state index in [1.165, 1.54) is 23.5 Å². The van der Waals surface area contributed by atoms with E-state index in [0.29, 0.717) is 15.4 Å². The zero-order valence-corrected chi connectivity index (χ0v) is 15.5. The summed E-state index contributed by atoms with van der Waals surface area (Å²) in [7, 11) is -1.92. The number of anilines is 1. The molecule has 1 aromatic carbocycles. The van der Waals surface area contributed by atoms with Gasteiger partial charge in [0.1, 0.15) is 4.90 Å². The van der Waals surface area contributed by atoms with Gasteiger partial charge in [0.05, 0.1) is 14.5 Å². The van der Waals surface area contributed by atoms with Crippen molar-refractivity contribution in [3.8, 4) is 0 Å². The molecule has 0 radical (unpaired) electrons. The van der Waals surface area contributed by atoms with E-state index in [2.05, 4.69) is 26.0 Å². The Morgan fingerprint density at radius 1 is 1.29 bits per heavy atom. The Morgan fingerprint density at radius 3 is 2.62 bits per heavy atom. The SMILES string of the molecule is CNCc1cc(S(=O)(=O)Nc2ccc(Cl)cc2Cl)c(Br)s1. The number of benzene rings is 1. The molecule has 2 aromatic rings. The molecular weight excluding hydrogens is 419 g/mol. The third-order valence-electron chi connectivity index (χ3n) is 2.52. The molecule has 9 heteroatoms. The van der Waals surface area contributed by atoms with E-state index >= 15 is 0 Å². The lowest BCUT2D eigenvalue weighted by molar-refractivity contribution is 0.601. The summed E-state index contributed by atoms with van der Waals surface area (Å²) in [6.07, 6.45) is 0. The highest BCUT2D eigenvalue weighted by atomic mass is 79.9. The van der Waals surface area contributed by atoms with Crippen LogP contribution in [0, 0.1) is 0 Å². The fourth-order valence-electron chi connectivity index (χ4n) is 1.61. The van der Waals surface area contributed by atoms with Gasteiger partial charge in [-0.2, -0.15) is 0 Å². The van der Waals surface area contributed by atoms with Crippen molar-refractivity contribution < 1.29 is 8.42 Å². The molecule has 4 nitrogen and oxygen atoms in total. The number of nitrogens with one attached hydrogen (secondary N) is 2. The summed E-state index contributed by atoms with van der Waals surface area (Å²) in [5.41, 5.74) is 0.286. The van der Waals surface area contributed by atoms with E-state index in [1.54, 1.807) is 19.2 Å². The topological polar surface area (TPSA) is 58.2 Å². The third-order valence-corrected chi connectivity index (χ3v) is 6.69. The van der Waals surface area contributed by atoms with E-state index in [9.17, 15) is 8.42 Å². The zero-order valence-electron chi connectivity index (χ0n) is 10.8. The average molecular weight is 430 g/mol. The van der Waals surface area contributed by atoms with Crippen molar-refractivity contribution in [2.75, 3.05) is 11.8 Å². The Morgan fingerprint density at radius 2 is 2.00 bits per heavy atom. The lowest BCUT2D eigenvalue weighted by Gasteiger charge is -2.09. The molecule has 0 aliphatic heterocycles. The second-order valence-corrected chi connectivity index (χ2v) is 9.06. The maximum atomic E-state index is 12.4. The van der Waals surface area contributed by atoms with E-state index in [1.807, 2.05) is 0 Å². The number of hydrogen-bond donors (Lipinski definition) is 2. The van der Waals surface area contributed by atoms with Gasteiger partial charge in [-0.1, -0.05) is 23.2 Å². The van der Waals surface area contributed by atoms with Gasteiger partial charge in [0.2, 0.25) is 0 Å². The molecule has 0 aliphatic carbocycles. The van der Waals surface area contributed by atoms with Crippen LogP contribution in [0.25, 0.3) is 0 Å². The van der Waals surface area contributed by atoms with Crippen LogP contribution in [0.4, 0.5) is 5.69 Å². The number of rotatable bonds is 5. The molecule has 2 N–H and O–H groups in total. The van der Waals surface area contributed by atoms with Crippen molar-refractivity contribution in [2.45, 2.75) is 11.4 Å². The van der Waals surface area contributed by atoms with Gasteiger partial charge in [-0.05, 0) is 47.2 Å². The molecule has 1 heterocycles. The molecule has 0 fully saturated rings. The number of halogens is 3. The summed E-state index contributed by atoms with van der Waals surface area (Å²) in [6, 6.07) is 6.20. The van der Waals surface area contributed by atoms with Gasteiger partial charge in [0.25, 0.3) is 10.0 Å². The number of thiophene rings is 1. The van der Waals surface area contributed by atoms with Crippen molar-refractivity contribution in [1.82, 2.24) is 5.32 Å². The Bertz CT molecular complexity index is 763. The first-order chi connectivity index (χ1) is 9.83. The van der Waals surface area contributed by atoms with Crippen LogP contribution in [0.2, 0.25) is 10.0 Å². The molecule has 0 saturated carbocycles. The third kappa shape index (κ3) is 4.12. The summed E-state index contributed by atoms with van der Waals surface area (Å²) in [4.78, 5) is 1.09. The van der Waals surface area contributed by atoms with E-state index in [0.717, 1.165) is 4.88 Å². The molecule has 0 unspecified atom stereocenters. The van der Waals surface area contributed by atoms with Crippen LogP contribution in [0.5, 0.6) is 0 Å². The van der Waals surface area contributed by atoms with E-state index in [4.69, 9.17) is 23.2 Å². The fourth-order valence-corrected chi connectivity index (χ4v) is 5.90. The molecule has 0 bridgehead atoms. The molecule has 2 rings (SSSR count). The van der Waals surface area contributed by atoms with Crippen molar-refractivity contribution in [3.63, 3.8) is 0 Å². The summed E-state index contributed by atoms with van der Waals surface area (Å²) < 4.78 is 27.9. The smallest absolute Gasteiger partial charge is 0.263 e. The minimum absolute atomic E-state index is 0.184. The normalized spacial score (nSPS) is 11.6. The van der Waals surface area contributed by atoms with Crippen LogP contribution in [0.1, 0.15) is 4.88 Å². The highest BCUT2D eigenvalue weighted by Crippen LogP contribution is 2.34. The fraction of sp³-hybridized carbons (Fsp3) is 0.167. The maximum Gasteiger partial charge on any atom is 0.263 e. The van der Waals surface area contributed by atoms with Crippen molar-refractivity contribution >= 4 is 66.2 Å². The van der Waals surface area contributed by atoms with Gasteiger partial charge in [-0.3, -0.25) is 4.72 Å². The van der Waals surface area contributed by atoms with Crippen LogP contribution < -0.4 is 10.0 Å². The van der Waals surface area contributed by atoms with Gasteiger partial charge in [0.15, 0.2) is 0 Å². The molecular formula is C12H11BrCl2N2O2S2. The Labute approximate surface area is 145 Å². The Balaban J connectivity index is 2.34. The highest BCUT2D eigenvalue weighted by Gasteiger charge is 2.22. The zero-order chi connectivity index (χ0) is 15.6. The van der Waals surface area contributed by atoms with Gasteiger partial charge >= 0.3 is 0 Å². The molecule has 0 saturated heterocycles. The first-order valence-corrected chi connectivity index (χ1v) is 9.59. The molecule has 21 heavy (non-hydrogen) atoms. The van der Waals surface area contributed by atoms with E-state index in [-0.39, 0.29) is 15.6 Å². The number of hydrogen-bond acceptors (Lipinski definition) is 4. The second kappa shape index (κ2) is 6.85. The standard InChI is InChI=1S/C12H11BrCl2N2O2S2/c1-16-6-8-5-11(12(13)20-8)21(18,19)17-10-3-2-7(14)4-9(10)15/h2-5,16-17H,6H2,1H3. The lowest BCUT2D eigenvalue weighted by Crippen LogP contribution is -2.13. The first-order valence-electron chi connectivity index (χ1n) is 5.74. The van der Waals surface area contributed by atoms with Crippen LogP contribution >= 0.6 is 50.5 Å². The van der Waals surface area contributed by atoms with Gasteiger partial charge in [-0.25, -0.2) is 8.42 Å². The predicted molar refractivity (Wildman–Crippen MR) is 92.1 cm³/mol. The maximum absolute atomic E-state index is 12.4. The monoisotopic (exact) mass is 428 g/mol. The number of sulfonamides is 1. The van der Waals surface area contributed by atoms with Gasteiger partial charge in [-0.15, -0.1) is 11.3 Å². The Hall–Kier alpha value is -0.310. The average Bonchev–Trinajstić information content (AvgIpc) is 2.75. The van der Waals surface area contributed by atoms with Gasteiger partial charge in [0, 0.05) is 16.4 Å². The van der Waals surface area contributed by atoms with Crippen molar-refractivity contribution in [3.05, 3.63) is 43.0 Å². The van der Waals surface area contributed by atoms with Crippen LogP contribution in [-0.2, 0) is 16.6 Å². The largest absolute Gasteiger partial charge is 0.315 e. The quantitative estimate of drug-likeness (QED) is 0.743. The molecule has 114 valence electrons. The van der Waals surface area contributed by atoms with Crippen LogP contribution in [0.3, 0.4) is 0 Å².